The Morgan fingerprint density at radius 3 is 3.00 bits per heavy atom. The third kappa shape index (κ3) is 3.64. The second kappa shape index (κ2) is 6.47. The Balaban J connectivity index is 1.93. The second-order valence-corrected chi connectivity index (χ2v) is 4.76. The first-order valence-electron chi connectivity index (χ1n) is 6.77. The second-order valence-electron chi connectivity index (χ2n) is 4.76. The monoisotopic (exact) mass is 263 g/mol. The Hall–Kier alpha value is -1.69. The Kier molecular flexibility index (Phi) is 4.68. The zero-order chi connectivity index (χ0) is 13.7. The first-order valence-corrected chi connectivity index (χ1v) is 6.77. The molecule has 0 spiro atoms. The summed E-state index contributed by atoms with van der Waals surface area (Å²) in [7, 11) is 0. The lowest BCUT2D eigenvalue weighted by Crippen LogP contribution is -2.53. The number of nitrogens with zero attached hydrogens (tertiary/aromatic N) is 3. The van der Waals surface area contributed by atoms with Gasteiger partial charge in [-0.3, -0.25) is 14.7 Å². The predicted octanol–water partition coefficient (Wildman–Crippen LogP) is 0.619. The number of hydrogen-bond donors (Lipinski definition) is 2. The van der Waals surface area contributed by atoms with E-state index in [0.29, 0.717) is 13.1 Å². The van der Waals surface area contributed by atoms with Gasteiger partial charge in [-0.15, -0.1) is 0 Å². The van der Waals surface area contributed by atoms with Gasteiger partial charge in [0.25, 0.3) is 0 Å². The molecular formula is C13H21N5O. The number of hydrogen-bond acceptors (Lipinski definition) is 5. The van der Waals surface area contributed by atoms with Crippen LogP contribution in [0.2, 0.25) is 0 Å². The van der Waals surface area contributed by atoms with Crippen molar-refractivity contribution in [1.29, 1.82) is 0 Å². The van der Waals surface area contributed by atoms with Crippen LogP contribution in [0.1, 0.15) is 26.0 Å². The van der Waals surface area contributed by atoms with Gasteiger partial charge in [-0.25, -0.2) is 4.98 Å². The molecule has 1 aromatic heterocycles. The molecule has 1 unspecified atom stereocenters. The quantitative estimate of drug-likeness (QED) is 0.815. The number of rotatable bonds is 5. The van der Waals surface area contributed by atoms with Gasteiger partial charge in [-0.2, -0.15) is 0 Å². The van der Waals surface area contributed by atoms with Gasteiger partial charge >= 0.3 is 0 Å². The van der Waals surface area contributed by atoms with Crippen molar-refractivity contribution < 1.29 is 4.79 Å². The highest BCUT2D eigenvalue weighted by Crippen LogP contribution is 2.09. The lowest BCUT2D eigenvalue weighted by molar-refractivity contribution is -0.128. The van der Waals surface area contributed by atoms with E-state index in [1.807, 2.05) is 6.92 Å². The minimum Gasteiger partial charge on any atom is -0.369 e. The topological polar surface area (TPSA) is 70.2 Å². The van der Waals surface area contributed by atoms with E-state index in [1.54, 1.807) is 12.4 Å². The van der Waals surface area contributed by atoms with E-state index >= 15 is 0 Å². The number of carbonyl (C=O) groups is 1. The first-order chi connectivity index (χ1) is 9.20. The molecule has 2 heterocycles. The highest BCUT2D eigenvalue weighted by Gasteiger charge is 2.25. The Morgan fingerprint density at radius 1 is 1.47 bits per heavy atom. The van der Waals surface area contributed by atoms with Crippen molar-refractivity contribution in [2.24, 2.45) is 0 Å². The Bertz CT molecular complexity index is 420. The maximum Gasteiger partial charge on any atom is 0.237 e. The molecular weight excluding hydrogens is 242 g/mol. The lowest BCUT2D eigenvalue weighted by atomic mass is 10.2. The van der Waals surface area contributed by atoms with Gasteiger partial charge in [0, 0.05) is 26.2 Å². The van der Waals surface area contributed by atoms with Crippen molar-refractivity contribution in [3.63, 3.8) is 0 Å². The molecule has 1 aromatic rings. The molecule has 0 bridgehead atoms. The van der Waals surface area contributed by atoms with E-state index in [-0.39, 0.29) is 11.9 Å². The number of nitrogens with one attached hydrogen (secondary N) is 2. The summed E-state index contributed by atoms with van der Waals surface area (Å²) < 4.78 is 0. The standard InChI is InChI=1S/C13H21N5O/c1-3-4-14-12-8-16-11(7-17-12)9-18-6-5-15-13(19)10(18)2/h7-8,10H,3-6,9H2,1-2H3,(H,14,17)(H,15,19). The van der Waals surface area contributed by atoms with Crippen molar-refractivity contribution in [1.82, 2.24) is 20.2 Å². The van der Waals surface area contributed by atoms with Gasteiger partial charge in [0.1, 0.15) is 5.82 Å². The molecule has 0 aromatic carbocycles. The largest absolute Gasteiger partial charge is 0.369 e. The van der Waals surface area contributed by atoms with Crippen LogP contribution in [0.25, 0.3) is 0 Å². The lowest BCUT2D eigenvalue weighted by Gasteiger charge is -2.32. The van der Waals surface area contributed by atoms with Crippen LogP contribution in [0.15, 0.2) is 12.4 Å². The minimum absolute atomic E-state index is 0.0837. The Morgan fingerprint density at radius 2 is 2.32 bits per heavy atom. The molecule has 0 aliphatic carbocycles. The summed E-state index contributed by atoms with van der Waals surface area (Å²) in [5.74, 6) is 0.885. The van der Waals surface area contributed by atoms with Crippen LogP contribution in [0.4, 0.5) is 5.82 Å². The van der Waals surface area contributed by atoms with Crippen molar-refractivity contribution >= 4 is 11.7 Å². The fourth-order valence-corrected chi connectivity index (χ4v) is 2.03. The SMILES string of the molecule is CCCNc1cnc(CN2CCNC(=O)C2C)cn1. The van der Waals surface area contributed by atoms with Gasteiger partial charge in [-0.05, 0) is 13.3 Å². The zero-order valence-corrected chi connectivity index (χ0v) is 11.5. The van der Waals surface area contributed by atoms with Crippen LogP contribution in [0.3, 0.4) is 0 Å². The third-order valence-electron chi connectivity index (χ3n) is 3.25. The Labute approximate surface area is 113 Å². The van der Waals surface area contributed by atoms with Crippen molar-refractivity contribution in [3.05, 3.63) is 18.1 Å². The van der Waals surface area contributed by atoms with Crippen LogP contribution in [0.5, 0.6) is 0 Å². The summed E-state index contributed by atoms with van der Waals surface area (Å²) in [5.41, 5.74) is 0.892. The molecule has 2 N–H and O–H groups in total. The van der Waals surface area contributed by atoms with Crippen LogP contribution in [-0.2, 0) is 11.3 Å². The molecule has 6 heteroatoms. The van der Waals surface area contributed by atoms with E-state index in [2.05, 4.69) is 32.4 Å². The average molecular weight is 263 g/mol. The highest BCUT2D eigenvalue weighted by molar-refractivity contribution is 5.81. The van der Waals surface area contributed by atoms with E-state index < -0.39 is 0 Å². The summed E-state index contributed by atoms with van der Waals surface area (Å²) in [6, 6.07) is -0.103. The molecule has 1 aliphatic rings. The molecule has 1 atom stereocenters. The number of anilines is 1. The van der Waals surface area contributed by atoms with Crippen LogP contribution in [0, 0.1) is 0 Å². The fraction of sp³-hybridized carbons (Fsp3) is 0.615. The van der Waals surface area contributed by atoms with E-state index in [0.717, 1.165) is 31.0 Å². The number of aromatic nitrogens is 2. The predicted molar refractivity (Wildman–Crippen MR) is 73.7 cm³/mol. The molecule has 1 aliphatic heterocycles. The summed E-state index contributed by atoms with van der Waals surface area (Å²) in [4.78, 5) is 22.4. The van der Waals surface area contributed by atoms with Gasteiger partial charge in [-0.1, -0.05) is 6.92 Å². The molecule has 0 saturated carbocycles. The van der Waals surface area contributed by atoms with Crippen molar-refractivity contribution in [3.8, 4) is 0 Å². The fourth-order valence-electron chi connectivity index (χ4n) is 2.03. The first kappa shape index (κ1) is 13.7. The van der Waals surface area contributed by atoms with Gasteiger partial charge in [0.15, 0.2) is 0 Å². The molecule has 0 radical (unpaired) electrons. The van der Waals surface area contributed by atoms with Crippen LogP contribution >= 0.6 is 0 Å². The summed E-state index contributed by atoms with van der Waals surface area (Å²) in [6.07, 6.45) is 4.58. The number of amides is 1. The van der Waals surface area contributed by atoms with Crippen molar-refractivity contribution in [2.45, 2.75) is 32.9 Å². The van der Waals surface area contributed by atoms with E-state index in [9.17, 15) is 4.79 Å². The maximum absolute atomic E-state index is 11.6. The maximum atomic E-state index is 11.6. The molecule has 6 nitrogen and oxygen atoms in total. The minimum atomic E-state index is -0.103. The summed E-state index contributed by atoms with van der Waals surface area (Å²) >= 11 is 0. The van der Waals surface area contributed by atoms with Gasteiger partial charge < -0.3 is 10.6 Å². The van der Waals surface area contributed by atoms with Crippen LogP contribution in [-0.4, -0.2) is 46.5 Å². The number of piperazine rings is 1. The molecule has 1 saturated heterocycles. The smallest absolute Gasteiger partial charge is 0.237 e. The summed E-state index contributed by atoms with van der Waals surface area (Å²) in [6.45, 7) is 7.14. The molecule has 104 valence electrons. The number of carbonyl (C=O) groups excluding carboxylic acids is 1. The molecule has 1 amide bonds. The normalized spacial score (nSPS) is 20.1. The third-order valence-corrected chi connectivity index (χ3v) is 3.25. The van der Waals surface area contributed by atoms with Gasteiger partial charge in [0.2, 0.25) is 5.91 Å². The van der Waals surface area contributed by atoms with E-state index in [1.165, 1.54) is 0 Å². The van der Waals surface area contributed by atoms with Crippen LogP contribution < -0.4 is 10.6 Å². The van der Waals surface area contributed by atoms with E-state index in [4.69, 9.17) is 0 Å². The summed E-state index contributed by atoms with van der Waals surface area (Å²) in [5, 5.41) is 6.04. The molecule has 1 fully saturated rings. The molecule has 19 heavy (non-hydrogen) atoms. The average Bonchev–Trinajstić information content (AvgIpc) is 2.43. The highest BCUT2D eigenvalue weighted by atomic mass is 16.2. The van der Waals surface area contributed by atoms with Gasteiger partial charge in [0.05, 0.1) is 24.1 Å². The zero-order valence-electron chi connectivity index (χ0n) is 11.5. The molecule has 2 rings (SSSR count). The van der Waals surface area contributed by atoms with Crippen molar-refractivity contribution in [2.75, 3.05) is 25.0 Å².